The van der Waals surface area contributed by atoms with Crippen LogP contribution in [-0.2, 0) is 62.0 Å². The van der Waals surface area contributed by atoms with Crippen LogP contribution in [0.1, 0.15) is 132 Å². The van der Waals surface area contributed by atoms with E-state index in [4.69, 9.17) is 23.1 Å². The molecule has 63 heavy (non-hydrogen) atoms. The summed E-state index contributed by atoms with van der Waals surface area (Å²) < 4.78 is 53.2. The highest BCUT2D eigenvalue weighted by molar-refractivity contribution is 7.86. The van der Waals surface area contributed by atoms with Crippen LogP contribution in [0.15, 0.2) is 34.9 Å². The molecule has 0 N–H and O–H groups in total. The summed E-state index contributed by atoms with van der Waals surface area (Å²) in [6.45, 7) is 8.70. The molecular formula is C49H66O13S. The first-order chi connectivity index (χ1) is 29.6. The molecule has 2 aliphatic heterocycles. The first-order valence-electron chi connectivity index (χ1n) is 23.2. The van der Waals surface area contributed by atoms with Crippen LogP contribution >= 0.6 is 0 Å². The van der Waals surface area contributed by atoms with Crippen molar-refractivity contribution in [1.29, 1.82) is 0 Å². The van der Waals surface area contributed by atoms with Crippen LogP contribution in [0.5, 0.6) is 0 Å². The smallest absolute Gasteiger partial charge is 0.309 e. The number of carbonyl (C=O) groups excluding carboxylic acids is 6. The molecule has 8 aliphatic carbocycles. The predicted octanol–water partition coefficient (Wildman–Crippen LogP) is 7.11. The number of hydrogen-bond donors (Lipinski definition) is 0. The van der Waals surface area contributed by atoms with Crippen molar-refractivity contribution in [3.8, 4) is 0 Å². The average Bonchev–Trinajstić information content (AvgIpc) is 3.96. The van der Waals surface area contributed by atoms with Crippen LogP contribution < -0.4 is 0 Å². The average molecular weight is 896 g/mol. The Balaban J connectivity index is 0.000000174. The van der Waals surface area contributed by atoms with Gasteiger partial charge in [-0.3, -0.25) is 33.0 Å². The first-order valence-corrected chi connectivity index (χ1v) is 25.1. The molecule has 7 unspecified atom stereocenters. The van der Waals surface area contributed by atoms with Gasteiger partial charge in [-0.2, -0.15) is 8.42 Å². The fraction of sp³-hybridized carbons (Fsp3) is 0.755. The molecular weight excluding hydrogens is 829 g/mol. The fourth-order valence-electron chi connectivity index (χ4n) is 16.2. The van der Waals surface area contributed by atoms with Gasteiger partial charge < -0.3 is 18.9 Å². The molecule has 0 aromatic rings. The van der Waals surface area contributed by atoms with Gasteiger partial charge in [0.25, 0.3) is 10.1 Å². The van der Waals surface area contributed by atoms with Gasteiger partial charge in [0.2, 0.25) is 0 Å². The van der Waals surface area contributed by atoms with E-state index in [0.29, 0.717) is 64.2 Å². The standard InChI is InChI=1S/C25H34O8S.C24H30O5.H2/c1-23-8-5-15(26)11-14(23)12-16(22(28)31-3)20-17-6-9-25(10-7-19(27)32-25)24(17,2)13-18(21(20)23)33-34(4,29)30;1-22-8-4-15(25)12-14(22)13-16(21(27)28-3)20-17(22)5-9-23(2)18(20)6-10-24(23)11-7-19(26)29-24;/h11,16-18,20-21H,5-10,12-13H2,1-4H3;5,12,16,18,20H,4,6-11,13H2,1-3H3;1H/t16-,17?,18-,20?,21?,23+,24+,25?;16-,18?,20?,22+,23+,24?;/m11./s1/i;;1+1. The van der Waals surface area contributed by atoms with Gasteiger partial charge in [-0.15, -0.1) is 0 Å². The van der Waals surface area contributed by atoms with Crippen LogP contribution in [-0.4, -0.2) is 81.6 Å². The van der Waals surface area contributed by atoms with E-state index in [0.717, 1.165) is 55.9 Å². The van der Waals surface area contributed by atoms with Gasteiger partial charge in [-0.25, -0.2) is 0 Å². The Morgan fingerprint density at radius 2 is 1.27 bits per heavy atom. The molecule has 0 amide bonds. The molecule has 14 heteroatoms. The van der Waals surface area contributed by atoms with Crippen LogP contribution in [0.3, 0.4) is 0 Å². The highest BCUT2D eigenvalue weighted by Gasteiger charge is 2.72. The molecule has 2 spiro atoms. The van der Waals surface area contributed by atoms with Gasteiger partial charge in [0.05, 0.1) is 38.4 Å². The second-order valence-electron chi connectivity index (χ2n) is 21.8. The number of rotatable bonds is 4. The van der Waals surface area contributed by atoms with Gasteiger partial charge in [0.15, 0.2) is 11.6 Å². The molecule has 7 fully saturated rings. The summed E-state index contributed by atoms with van der Waals surface area (Å²) in [5.41, 5.74) is 0.971. The Morgan fingerprint density at radius 1 is 0.714 bits per heavy atom. The lowest BCUT2D eigenvalue weighted by atomic mass is 9.43. The molecule has 0 aromatic heterocycles. The van der Waals surface area contributed by atoms with E-state index < -0.39 is 44.2 Å². The molecule has 2 saturated heterocycles. The van der Waals surface area contributed by atoms with Crippen molar-refractivity contribution >= 4 is 45.6 Å². The quantitative estimate of drug-likeness (QED) is 0.121. The predicted molar refractivity (Wildman–Crippen MR) is 229 cm³/mol. The number of hydrogen-bond acceptors (Lipinski definition) is 13. The summed E-state index contributed by atoms with van der Waals surface area (Å²) >= 11 is 0. The summed E-state index contributed by atoms with van der Waals surface area (Å²) in [6, 6.07) is 0. The molecule has 2 heterocycles. The molecule has 13 nitrogen and oxygen atoms in total. The number of ether oxygens (including phenoxy) is 4. The van der Waals surface area contributed by atoms with E-state index in [1.807, 2.05) is 0 Å². The van der Waals surface area contributed by atoms with Gasteiger partial charge in [-0.05, 0) is 124 Å². The topological polar surface area (TPSA) is 183 Å². The molecule has 14 atom stereocenters. The maximum atomic E-state index is 13.2. The van der Waals surface area contributed by atoms with Crippen molar-refractivity contribution in [2.75, 3.05) is 20.5 Å². The van der Waals surface area contributed by atoms with Crippen LogP contribution in [0.2, 0.25) is 0 Å². The number of carbonyl (C=O) groups is 6. The lowest BCUT2D eigenvalue weighted by molar-refractivity contribution is -0.193. The third kappa shape index (κ3) is 6.54. The molecule has 10 rings (SSSR count). The van der Waals surface area contributed by atoms with Gasteiger partial charge in [-0.1, -0.05) is 50.5 Å². The second-order valence-corrected chi connectivity index (χ2v) is 23.4. The highest BCUT2D eigenvalue weighted by atomic mass is 32.2. The minimum absolute atomic E-state index is 0. The van der Waals surface area contributed by atoms with Gasteiger partial charge in [0.1, 0.15) is 11.2 Å². The normalized spacial score (nSPS) is 45.7. The zero-order valence-corrected chi connectivity index (χ0v) is 38.7. The van der Waals surface area contributed by atoms with Crippen LogP contribution in [0, 0.1) is 63.1 Å². The molecule has 0 radical (unpaired) electrons. The van der Waals surface area contributed by atoms with Crippen molar-refractivity contribution in [1.82, 2.24) is 0 Å². The lowest BCUT2D eigenvalue weighted by Crippen LogP contribution is -2.63. The lowest BCUT2D eigenvalue weighted by Gasteiger charge is -2.62. The van der Waals surface area contributed by atoms with E-state index >= 15 is 0 Å². The Bertz CT molecular complexity index is 2270. The molecule has 0 bridgehead atoms. The van der Waals surface area contributed by atoms with E-state index in [1.54, 1.807) is 12.2 Å². The molecule has 10 aliphatic rings. The Labute approximate surface area is 372 Å². The number of ketones is 2. The Kier molecular flexibility index (Phi) is 10.6. The third-order valence-electron chi connectivity index (χ3n) is 19.3. The van der Waals surface area contributed by atoms with Crippen LogP contribution in [0.25, 0.3) is 0 Å². The number of esters is 4. The van der Waals surface area contributed by atoms with E-state index in [1.165, 1.54) is 19.8 Å². The van der Waals surface area contributed by atoms with Crippen molar-refractivity contribution in [3.05, 3.63) is 34.9 Å². The highest BCUT2D eigenvalue weighted by Crippen LogP contribution is 2.72. The summed E-state index contributed by atoms with van der Waals surface area (Å²) in [4.78, 5) is 74.8. The molecule has 5 saturated carbocycles. The maximum absolute atomic E-state index is 13.2. The van der Waals surface area contributed by atoms with Gasteiger partial charge in [0, 0.05) is 43.4 Å². The zero-order chi connectivity index (χ0) is 45.3. The SMILES string of the molecule is COC(=O)[C@@H]1CC2=CC(=O)CC[C@]2(C)C2=CC[C@@]3(C)C(CCC34CCC(=O)O4)C21.COC(=O)[C@@H]1CC2=CC(=O)CC[C@]2(C)C2C1C1CCC3(CCC(=O)O3)[C@@]1(C)C[C@H]2OS(C)(=O)=O.[2HH]. The number of allylic oxidation sites excluding steroid dienone is 5. The van der Waals surface area contributed by atoms with Gasteiger partial charge >= 0.3 is 23.9 Å². The Morgan fingerprint density at radius 3 is 1.86 bits per heavy atom. The molecule has 0 aromatic carbocycles. The maximum Gasteiger partial charge on any atom is 0.309 e. The summed E-state index contributed by atoms with van der Waals surface area (Å²) in [5, 5.41) is 0. The third-order valence-corrected chi connectivity index (χ3v) is 19.9. The minimum Gasteiger partial charge on any atom is -0.469 e. The van der Waals surface area contributed by atoms with E-state index in [-0.39, 0.29) is 83.2 Å². The minimum atomic E-state index is -3.80. The summed E-state index contributed by atoms with van der Waals surface area (Å²) in [5.74, 6) is -1.47. The fourth-order valence-corrected chi connectivity index (χ4v) is 16.8. The van der Waals surface area contributed by atoms with Crippen molar-refractivity contribution < 1.29 is 61.7 Å². The van der Waals surface area contributed by atoms with Crippen molar-refractivity contribution in [3.63, 3.8) is 0 Å². The largest absolute Gasteiger partial charge is 0.469 e. The number of fused-ring (bicyclic) bond motifs is 12. The first kappa shape index (κ1) is 44.5. The van der Waals surface area contributed by atoms with E-state index in [9.17, 15) is 37.2 Å². The van der Waals surface area contributed by atoms with Crippen LogP contribution in [0.4, 0.5) is 0 Å². The van der Waals surface area contributed by atoms with E-state index in [2.05, 4.69) is 33.8 Å². The summed E-state index contributed by atoms with van der Waals surface area (Å²) in [7, 11) is -0.981. The zero-order valence-electron chi connectivity index (χ0n) is 37.9. The number of methoxy groups -OCH3 is 2. The second kappa shape index (κ2) is 14.9. The molecule has 346 valence electrons. The van der Waals surface area contributed by atoms with Crippen molar-refractivity contribution in [2.24, 2.45) is 63.1 Å². The summed E-state index contributed by atoms with van der Waals surface area (Å²) in [6.07, 6.45) is 16.4. The monoisotopic (exact) mass is 895 g/mol. The van der Waals surface area contributed by atoms with Crippen molar-refractivity contribution in [2.45, 2.75) is 148 Å². The Hall–Kier alpha value is -3.65.